The molecule has 2 heterocycles. The van der Waals surface area contributed by atoms with E-state index < -0.39 is 29.7 Å². The number of aromatic nitrogens is 2. The van der Waals surface area contributed by atoms with Crippen molar-refractivity contribution in [3.05, 3.63) is 53.3 Å². The number of Topliss-reactive ketones (excluding diaryl/α,β-unsaturated/α-hetero) is 2. The molecule has 0 bridgehead atoms. The van der Waals surface area contributed by atoms with Gasteiger partial charge in [-0.15, -0.1) is 0 Å². The second-order valence-electron chi connectivity index (χ2n) is 9.75. The summed E-state index contributed by atoms with van der Waals surface area (Å²) in [5.74, 6) is -2.11. The summed E-state index contributed by atoms with van der Waals surface area (Å²) in [6, 6.07) is 8.48. The Morgan fingerprint density at radius 2 is 1.92 bits per heavy atom. The van der Waals surface area contributed by atoms with E-state index in [2.05, 4.69) is 20.8 Å². The maximum atomic E-state index is 13.2. The molecule has 0 radical (unpaired) electrons. The van der Waals surface area contributed by atoms with Crippen molar-refractivity contribution >= 4 is 23.6 Å². The Morgan fingerprint density at radius 3 is 2.67 bits per heavy atom. The minimum Gasteiger partial charge on any atom is -0.445 e. The first kappa shape index (κ1) is 27.1. The third kappa shape index (κ3) is 8.32. The maximum absolute atomic E-state index is 13.2. The number of ether oxygens (including phenoxy) is 1. The van der Waals surface area contributed by atoms with Crippen molar-refractivity contribution in [1.29, 1.82) is 0 Å². The smallest absolute Gasteiger partial charge is 0.408 e. The van der Waals surface area contributed by atoms with E-state index in [1.54, 1.807) is 6.20 Å². The van der Waals surface area contributed by atoms with Crippen molar-refractivity contribution in [2.75, 3.05) is 6.54 Å². The first-order valence-electron chi connectivity index (χ1n) is 12.7. The number of hydrogen-bond acceptors (Lipinski definition) is 6. The molecular formula is C27H36N4O5. The van der Waals surface area contributed by atoms with Gasteiger partial charge in [-0.2, -0.15) is 5.10 Å². The van der Waals surface area contributed by atoms with Crippen molar-refractivity contribution in [3.8, 4) is 0 Å². The molecule has 3 N–H and O–H groups in total. The predicted molar refractivity (Wildman–Crippen MR) is 134 cm³/mol. The zero-order valence-electron chi connectivity index (χ0n) is 21.0. The number of aryl methyl sites for hydroxylation is 1. The van der Waals surface area contributed by atoms with Gasteiger partial charge in [-0.1, -0.05) is 50.6 Å². The number of nitrogens with zero attached hydrogens (tertiary/aromatic N) is 1. The number of carbonyl (C=O) groups is 4. The number of fused-ring (bicyclic) bond motifs is 1. The van der Waals surface area contributed by atoms with Crippen LogP contribution < -0.4 is 10.6 Å². The highest BCUT2D eigenvalue weighted by atomic mass is 16.5. The second kappa shape index (κ2) is 13.6. The van der Waals surface area contributed by atoms with Crippen molar-refractivity contribution in [3.63, 3.8) is 0 Å². The lowest BCUT2D eigenvalue weighted by molar-refractivity contribution is -0.141. The van der Waals surface area contributed by atoms with Gasteiger partial charge in [-0.3, -0.25) is 19.5 Å². The van der Waals surface area contributed by atoms with Crippen molar-refractivity contribution < 1.29 is 23.9 Å². The highest BCUT2D eigenvalue weighted by molar-refractivity contribution is 6.37. The van der Waals surface area contributed by atoms with Crippen molar-refractivity contribution in [2.45, 2.75) is 71.4 Å². The van der Waals surface area contributed by atoms with Gasteiger partial charge in [0.1, 0.15) is 6.61 Å². The van der Waals surface area contributed by atoms with Crippen molar-refractivity contribution in [2.24, 2.45) is 11.8 Å². The molecule has 9 nitrogen and oxygen atoms in total. The van der Waals surface area contributed by atoms with E-state index >= 15 is 0 Å². The minimum absolute atomic E-state index is 0.0919. The van der Waals surface area contributed by atoms with Gasteiger partial charge in [0.15, 0.2) is 5.78 Å². The third-order valence-corrected chi connectivity index (χ3v) is 6.36. The van der Waals surface area contributed by atoms with E-state index in [4.69, 9.17) is 4.74 Å². The van der Waals surface area contributed by atoms with Crippen molar-refractivity contribution in [1.82, 2.24) is 20.8 Å². The molecule has 0 saturated carbocycles. The normalized spacial score (nSPS) is 17.8. The van der Waals surface area contributed by atoms with Crippen LogP contribution >= 0.6 is 0 Å². The van der Waals surface area contributed by atoms with Gasteiger partial charge in [-0.05, 0) is 49.1 Å². The van der Waals surface area contributed by atoms with Gasteiger partial charge in [0.25, 0.3) is 5.91 Å². The number of amides is 2. The summed E-state index contributed by atoms with van der Waals surface area (Å²) in [7, 11) is 0. The molecule has 3 rings (SSSR count). The molecule has 36 heavy (non-hydrogen) atoms. The Kier molecular flexibility index (Phi) is 10.2. The Morgan fingerprint density at radius 1 is 1.14 bits per heavy atom. The molecule has 1 aromatic heterocycles. The van der Waals surface area contributed by atoms with Crippen LogP contribution in [0.4, 0.5) is 4.79 Å². The molecule has 194 valence electrons. The van der Waals surface area contributed by atoms with Gasteiger partial charge in [0, 0.05) is 24.6 Å². The van der Waals surface area contributed by atoms with E-state index in [9.17, 15) is 19.2 Å². The van der Waals surface area contributed by atoms with Crippen LogP contribution in [-0.2, 0) is 38.6 Å². The average molecular weight is 497 g/mol. The highest BCUT2D eigenvalue weighted by Gasteiger charge is 2.31. The summed E-state index contributed by atoms with van der Waals surface area (Å²) >= 11 is 0. The lowest BCUT2D eigenvalue weighted by Crippen LogP contribution is -2.44. The quantitative estimate of drug-likeness (QED) is 0.481. The summed E-state index contributed by atoms with van der Waals surface area (Å²) in [6.07, 6.45) is 4.69. The van der Waals surface area contributed by atoms with E-state index in [-0.39, 0.29) is 24.7 Å². The lowest BCUT2D eigenvalue weighted by Gasteiger charge is -2.22. The molecule has 2 atom stereocenters. The maximum Gasteiger partial charge on any atom is 0.408 e. The van der Waals surface area contributed by atoms with Crippen LogP contribution in [0.25, 0.3) is 0 Å². The Bertz CT molecular complexity index is 1030. The summed E-state index contributed by atoms with van der Waals surface area (Å²) < 4.78 is 5.29. The van der Waals surface area contributed by atoms with Gasteiger partial charge in [-0.25, -0.2) is 4.79 Å². The van der Waals surface area contributed by atoms with Crippen LogP contribution in [-0.4, -0.2) is 46.4 Å². The number of carbonyl (C=O) groups excluding carboxylic acids is 4. The van der Waals surface area contributed by atoms with Gasteiger partial charge in [0.05, 0.1) is 12.2 Å². The molecule has 1 aromatic carbocycles. The molecule has 2 unspecified atom stereocenters. The largest absolute Gasteiger partial charge is 0.445 e. The molecule has 0 fully saturated rings. The summed E-state index contributed by atoms with van der Waals surface area (Å²) in [5, 5.41) is 12.5. The molecule has 0 saturated heterocycles. The fourth-order valence-corrected chi connectivity index (χ4v) is 4.41. The second-order valence-corrected chi connectivity index (χ2v) is 9.75. The SMILES string of the molecule is CC(C)CC(NC(=O)OCc1ccccc1)C(=O)CC1CCCCc2[nH]ncc2CCNC(=O)C1=O. The standard InChI is InChI=1S/C27H36N4O5/c1-18(2)14-23(30-27(35)36-17-19-8-4-3-5-9-19)24(32)15-20-10-6-7-11-22-21(16-29-31-22)12-13-28-26(34)25(20)33/h3-5,8-9,16,18,20,23H,6-7,10-15,17H2,1-2H3,(H,28,34)(H,29,31)(H,30,35). The predicted octanol–water partition coefficient (Wildman–Crippen LogP) is 3.28. The summed E-state index contributed by atoms with van der Waals surface area (Å²) in [5.41, 5.74) is 2.92. The Balaban J connectivity index is 1.62. The Hall–Kier alpha value is -3.49. The first-order chi connectivity index (χ1) is 17.3. The van der Waals surface area contributed by atoms with Gasteiger partial charge in [0.2, 0.25) is 5.78 Å². The van der Waals surface area contributed by atoms with Crippen LogP contribution in [0.1, 0.15) is 62.8 Å². The van der Waals surface area contributed by atoms with E-state index in [0.717, 1.165) is 29.7 Å². The molecule has 2 aromatic rings. The number of benzene rings is 1. The van der Waals surface area contributed by atoms with E-state index in [0.29, 0.717) is 32.2 Å². The monoisotopic (exact) mass is 496 g/mol. The molecule has 0 aliphatic carbocycles. The number of aromatic amines is 1. The molecule has 9 heteroatoms. The number of alkyl carbamates (subject to hydrolysis) is 1. The number of hydrogen-bond donors (Lipinski definition) is 3. The highest BCUT2D eigenvalue weighted by Crippen LogP contribution is 2.20. The zero-order valence-corrected chi connectivity index (χ0v) is 21.0. The van der Waals surface area contributed by atoms with E-state index in [1.165, 1.54) is 0 Å². The molecule has 2 amide bonds. The average Bonchev–Trinajstić information content (AvgIpc) is 3.30. The number of rotatable bonds is 8. The molecule has 0 spiro atoms. The van der Waals surface area contributed by atoms with Crippen LogP contribution in [0.5, 0.6) is 0 Å². The summed E-state index contributed by atoms with van der Waals surface area (Å²) in [4.78, 5) is 51.1. The third-order valence-electron chi connectivity index (χ3n) is 6.36. The van der Waals surface area contributed by atoms with Gasteiger partial charge >= 0.3 is 6.09 Å². The summed E-state index contributed by atoms with van der Waals surface area (Å²) in [6.45, 7) is 4.32. The molecular weight excluding hydrogens is 460 g/mol. The van der Waals surface area contributed by atoms with Crippen LogP contribution in [0, 0.1) is 11.8 Å². The molecule has 1 aliphatic rings. The zero-order chi connectivity index (χ0) is 25.9. The fraction of sp³-hybridized carbons (Fsp3) is 0.519. The number of H-pyrrole nitrogens is 1. The van der Waals surface area contributed by atoms with Crippen LogP contribution in [0.15, 0.2) is 36.5 Å². The fourth-order valence-electron chi connectivity index (χ4n) is 4.41. The minimum atomic E-state index is -0.793. The first-order valence-corrected chi connectivity index (χ1v) is 12.7. The number of nitrogens with one attached hydrogen (secondary N) is 3. The van der Waals surface area contributed by atoms with Gasteiger partial charge < -0.3 is 15.4 Å². The number of ketones is 2. The van der Waals surface area contributed by atoms with E-state index in [1.807, 2.05) is 44.2 Å². The lowest BCUT2D eigenvalue weighted by atomic mass is 9.87. The topological polar surface area (TPSA) is 130 Å². The molecule has 1 aliphatic heterocycles. The van der Waals surface area contributed by atoms with Crippen LogP contribution in [0.2, 0.25) is 0 Å². The Labute approximate surface area is 211 Å². The van der Waals surface area contributed by atoms with Crippen LogP contribution in [0.3, 0.4) is 0 Å².